The van der Waals surface area contributed by atoms with E-state index in [4.69, 9.17) is 9.72 Å². The molecule has 2 aliphatic carbocycles. The third kappa shape index (κ3) is 5.59. The van der Waals surface area contributed by atoms with Crippen molar-refractivity contribution in [1.82, 2.24) is 25.0 Å². The number of amides is 1. The van der Waals surface area contributed by atoms with Gasteiger partial charge in [0.2, 0.25) is 0 Å². The fourth-order valence-corrected chi connectivity index (χ4v) is 6.68. The first-order valence-electron chi connectivity index (χ1n) is 13.7. The van der Waals surface area contributed by atoms with Crippen LogP contribution in [-0.2, 0) is 19.9 Å². The fraction of sp³-hybridized carbons (Fsp3) is 0.607. The number of hydrogen-bond acceptors (Lipinski definition) is 6. The minimum Gasteiger partial charge on any atom is -0.470 e. The van der Waals surface area contributed by atoms with E-state index in [1.165, 1.54) is 49.2 Å². The topological polar surface area (TPSA) is 72.3 Å². The smallest absolute Gasteiger partial charge is 0.273 e. The van der Waals surface area contributed by atoms with Crippen molar-refractivity contribution >= 4 is 28.1 Å². The van der Waals surface area contributed by atoms with E-state index < -0.39 is 0 Å². The van der Waals surface area contributed by atoms with Gasteiger partial charge in [-0.05, 0) is 81.9 Å². The van der Waals surface area contributed by atoms with E-state index in [-0.39, 0.29) is 11.9 Å². The highest BCUT2D eigenvalue weighted by atomic mass is 32.1. The summed E-state index contributed by atoms with van der Waals surface area (Å²) >= 11 is 1.77. The molecule has 0 saturated heterocycles. The molecule has 1 amide bonds. The number of benzene rings is 1. The second-order valence-corrected chi connectivity index (χ2v) is 12.0. The van der Waals surface area contributed by atoms with Crippen LogP contribution in [0.3, 0.4) is 0 Å². The van der Waals surface area contributed by atoms with Gasteiger partial charge >= 0.3 is 0 Å². The van der Waals surface area contributed by atoms with E-state index in [0.717, 1.165) is 78.9 Å². The van der Waals surface area contributed by atoms with E-state index in [1.54, 1.807) is 16.0 Å². The Labute approximate surface area is 217 Å². The number of nitrogens with zero attached hydrogens (tertiary/aromatic N) is 4. The Balaban J connectivity index is 0.931. The second kappa shape index (κ2) is 10.5. The van der Waals surface area contributed by atoms with Crippen LogP contribution in [-0.4, -0.2) is 57.9 Å². The van der Waals surface area contributed by atoms with Gasteiger partial charge in [-0.15, -0.1) is 0 Å². The van der Waals surface area contributed by atoms with E-state index in [1.807, 2.05) is 31.4 Å². The molecular weight excluding hydrogens is 470 g/mol. The highest BCUT2D eigenvalue weighted by Crippen LogP contribution is 2.33. The molecule has 3 aromatic rings. The lowest BCUT2D eigenvalue weighted by Crippen LogP contribution is -2.38. The van der Waals surface area contributed by atoms with Crippen LogP contribution < -0.4 is 10.1 Å². The van der Waals surface area contributed by atoms with Crippen LogP contribution in [0.4, 0.5) is 0 Å². The predicted molar refractivity (Wildman–Crippen MR) is 143 cm³/mol. The molecule has 0 unspecified atom stereocenters. The van der Waals surface area contributed by atoms with E-state index in [9.17, 15) is 4.79 Å². The zero-order chi connectivity index (χ0) is 24.5. The summed E-state index contributed by atoms with van der Waals surface area (Å²) in [5.41, 5.74) is 2.87. The number of hydrogen-bond donors (Lipinski definition) is 1. The van der Waals surface area contributed by atoms with Crippen molar-refractivity contribution in [1.29, 1.82) is 0 Å². The summed E-state index contributed by atoms with van der Waals surface area (Å²) in [5, 5.41) is 9.54. The molecule has 3 heterocycles. The normalized spacial score (nSPS) is 22.8. The Hall–Kier alpha value is -2.45. The maximum atomic E-state index is 13.0. The molecule has 0 bridgehead atoms. The summed E-state index contributed by atoms with van der Waals surface area (Å²) in [6.07, 6.45) is 12.5. The zero-order valence-corrected chi connectivity index (χ0v) is 22.1. The summed E-state index contributed by atoms with van der Waals surface area (Å²) in [5.74, 6) is 1.57. The molecule has 2 saturated carbocycles. The number of aromatic nitrogens is 3. The lowest BCUT2D eigenvalue weighted by Gasteiger charge is -2.30. The standard InChI is InChI=1S/C28H37N5O2S/c1-32-17-23-22(3-2-4-24(23)31-32)27(34)29-21-9-7-19(8-10-21)11-14-33-15-12-25-26(13-16-33)36-28(30-25)35-18-20-5-6-20/h2-4,17,19-21H,5-16,18H2,1H3,(H,29,34)/t19-,21-. The first-order valence-corrected chi connectivity index (χ1v) is 14.5. The molecule has 6 rings (SSSR count). The van der Waals surface area contributed by atoms with E-state index in [0.29, 0.717) is 0 Å². The minimum absolute atomic E-state index is 0.0313. The van der Waals surface area contributed by atoms with Gasteiger partial charge in [0, 0.05) is 49.1 Å². The molecule has 8 heteroatoms. The SMILES string of the molecule is Cn1cc2c(C(=O)N[C@H]3CC[C@H](CCN4CCc5nc(OCC6CC6)sc5CC4)CC3)cccc2n1. The van der Waals surface area contributed by atoms with E-state index >= 15 is 0 Å². The van der Waals surface area contributed by atoms with Gasteiger partial charge < -0.3 is 15.0 Å². The van der Waals surface area contributed by atoms with Gasteiger partial charge in [0.1, 0.15) is 0 Å². The molecule has 0 atom stereocenters. The van der Waals surface area contributed by atoms with Crippen LogP contribution in [0.15, 0.2) is 24.4 Å². The third-order valence-electron chi connectivity index (χ3n) is 8.16. The van der Waals surface area contributed by atoms with Crippen LogP contribution in [0.1, 0.15) is 65.9 Å². The van der Waals surface area contributed by atoms with Crippen molar-refractivity contribution in [3.8, 4) is 5.19 Å². The van der Waals surface area contributed by atoms with Crippen LogP contribution in [0, 0.1) is 11.8 Å². The number of rotatable bonds is 8. The molecule has 0 spiro atoms. The Morgan fingerprint density at radius 3 is 2.75 bits per heavy atom. The molecule has 1 aromatic carbocycles. The highest BCUT2D eigenvalue weighted by molar-refractivity contribution is 7.13. The van der Waals surface area contributed by atoms with Crippen LogP contribution in [0.2, 0.25) is 0 Å². The van der Waals surface area contributed by atoms with Gasteiger partial charge in [0.05, 0.1) is 23.4 Å². The fourth-order valence-electron chi connectivity index (χ4n) is 5.73. The summed E-state index contributed by atoms with van der Waals surface area (Å²) in [4.78, 5) is 21.8. The van der Waals surface area contributed by atoms with Crippen molar-refractivity contribution in [2.75, 3.05) is 26.2 Å². The minimum atomic E-state index is 0.0313. The number of nitrogens with one attached hydrogen (secondary N) is 1. The quantitative estimate of drug-likeness (QED) is 0.483. The first kappa shape index (κ1) is 23.9. The van der Waals surface area contributed by atoms with Crippen LogP contribution in [0.5, 0.6) is 5.19 Å². The molecule has 1 N–H and O–H groups in total. The molecule has 7 nitrogen and oxygen atoms in total. The van der Waals surface area contributed by atoms with Gasteiger partial charge in [0.25, 0.3) is 11.1 Å². The second-order valence-electron chi connectivity index (χ2n) is 11.0. The number of ether oxygens (including phenoxy) is 1. The van der Waals surface area contributed by atoms with Crippen molar-refractivity contribution < 1.29 is 9.53 Å². The molecule has 3 aliphatic rings. The Kier molecular flexibility index (Phi) is 6.98. The maximum absolute atomic E-state index is 13.0. The third-order valence-corrected chi connectivity index (χ3v) is 9.23. The maximum Gasteiger partial charge on any atom is 0.273 e. The Morgan fingerprint density at radius 2 is 1.92 bits per heavy atom. The molecule has 36 heavy (non-hydrogen) atoms. The van der Waals surface area contributed by atoms with Gasteiger partial charge in [-0.25, -0.2) is 4.98 Å². The Morgan fingerprint density at radius 1 is 1.11 bits per heavy atom. The average Bonchev–Trinajstić information content (AvgIpc) is 3.56. The summed E-state index contributed by atoms with van der Waals surface area (Å²) in [6.45, 7) is 4.25. The van der Waals surface area contributed by atoms with Crippen molar-refractivity contribution in [2.45, 2.75) is 63.8 Å². The number of carbonyl (C=O) groups is 1. The van der Waals surface area contributed by atoms with Crippen LogP contribution >= 0.6 is 11.3 Å². The molecule has 1 aliphatic heterocycles. The van der Waals surface area contributed by atoms with Crippen molar-refractivity contribution in [3.63, 3.8) is 0 Å². The number of fused-ring (bicyclic) bond motifs is 2. The highest BCUT2D eigenvalue weighted by Gasteiger charge is 2.26. The molecule has 0 radical (unpaired) electrons. The molecular formula is C28H37N5O2S. The first-order chi connectivity index (χ1) is 17.6. The van der Waals surface area contributed by atoms with Gasteiger partial charge in [-0.1, -0.05) is 17.4 Å². The molecule has 192 valence electrons. The average molecular weight is 508 g/mol. The number of aryl methyl sites for hydroxylation is 1. The van der Waals surface area contributed by atoms with Crippen molar-refractivity contribution in [2.24, 2.45) is 18.9 Å². The number of thiazole rings is 1. The lowest BCUT2D eigenvalue weighted by molar-refractivity contribution is 0.0921. The zero-order valence-electron chi connectivity index (χ0n) is 21.2. The van der Waals surface area contributed by atoms with Crippen molar-refractivity contribution in [3.05, 3.63) is 40.5 Å². The molecule has 2 fully saturated rings. The summed E-state index contributed by atoms with van der Waals surface area (Å²) in [6, 6.07) is 6.06. The molecule has 2 aromatic heterocycles. The van der Waals surface area contributed by atoms with Gasteiger partial charge in [-0.2, -0.15) is 5.10 Å². The Bertz CT molecular complexity index is 1180. The van der Waals surface area contributed by atoms with Gasteiger partial charge in [0.15, 0.2) is 0 Å². The monoisotopic (exact) mass is 507 g/mol. The van der Waals surface area contributed by atoms with Crippen LogP contribution in [0.25, 0.3) is 10.9 Å². The van der Waals surface area contributed by atoms with Gasteiger partial charge in [-0.3, -0.25) is 9.48 Å². The lowest BCUT2D eigenvalue weighted by atomic mass is 9.84. The predicted octanol–water partition coefficient (Wildman–Crippen LogP) is 4.60. The van der Waals surface area contributed by atoms with E-state index in [2.05, 4.69) is 15.3 Å². The summed E-state index contributed by atoms with van der Waals surface area (Å²) in [7, 11) is 1.90. The largest absolute Gasteiger partial charge is 0.470 e. The number of carbonyl (C=O) groups excluding carboxylic acids is 1. The summed E-state index contributed by atoms with van der Waals surface area (Å²) < 4.78 is 7.69.